The van der Waals surface area contributed by atoms with Gasteiger partial charge >= 0.3 is 0 Å². The predicted molar refractivity (Wildman–Crippen MR) is 57.3 cm³/mol. The fourth-order valence-corrected chi connectivity index (χ4v) is 0.841. The minimum Gasteiger partial charge on any atom is -0.0845 e. The van der Waals surface area contributed by atoms with Gasteiger partial charge in [-0.25, -0.2) is 0 Å². The molecule has 70 valence electrons. The lowest BCUT2D eigenvalue weighted by atomic mass is 9.96. The van der Waals surface area contributed by atoms with Gasteiger partial charge in [-0.15, -0.1) is 0 Å². The first-order valence-corrected chi connectivity index (χ1v) is 4.90. The third-order valence-corrected chi connectivity index (χ3v) is 1.57. The molecule has 0 nitrogen and oxygen atoms in total. The summed E-state index contributed by atoms with van der Waals surface area (Å²) in [5.41, 5.74) is 0.315. The Kier molecular flexibility index (Phi) is 5.79. The molecule has 0 aromatic carbocycles. The second-order valence-corrected chi connectivity index (χ2v) is 4.30. The van der Waals surface area contributed by atoms with E-state index >= 15 is 0 Å². The van der Waals surface area contributed by atoms with Gasteiger partial charge in [-0.3, -0.25) is 0 Å². The summed E-state index contributed by atoms with van der Waals surface area (Å²) in [6, 6.07) is 0. The second kappa shape index (κ2) is 6.05. The van der Waals surface area contributed by atoms with Crippen LogP contribution in [-0.4, -0.2) is 0 Å². The first-order valence-electron chi connectivity index (χ1n) is 4.90. The van der Waals surface area contributed by atoms with Gasteiger partial charge in [-0.1, -0.05) is 64.8 Å². The Balaban J connectivity index is 3.53. The summed E-state index contributed by atoms with van der Waals surface area (Å²) in [5.74, 6) is 0. The quantitative estimate of drug-likeness (QED) is 0.430. The van der Waals surface area contributed by atoms with Crippen LogP contribution >= 0.6 is 0 Å². The molecule has 0 aliphatic heterocycles. The van der Waals surface area contributed by atoms with E-state index in [2.05, 4.69) is 52.0 Å². The number of unbranched alkanes of at least 4 members (excludes halogenated alkanes) is 2. The molecule has 0 aliphatic rings. The zero-order valence-electron chi connectivity index (χ0n) is 8.93. The number of hydrogen-bond donors (Lipinski definition) is 0. The van der Waals surface area contributed by atoms with Crippen molar-refractivity contribution in [3.05, 3.63) is 24.3 Å². The maximum Gasteiger partial charge on any atom is -0.0200 e. The van der Waals surface area contributed by atoms with E-state index in [1.54, 1.807) is 0 Å². The molecule has 0 fully saturated rings. The molecular weight excluding hydrogens is 144 g/mol. The van der Waals surface area contributed by atoms with E-state index in [0.717, 1.165) is 0 Å². The fourth-order valence-electron chi connectivity index (χ4n) is 0.841. The zero-order valence-corrected chi connectivity index (χ0v) is 8.93. The van der Waals surface area contributed by atoms with Gasteiger partial charge in [0.05, 0.1) is 0 Å². The van der Waals surface area contributed by atoms with Crippen molar-refractivity contribution in [2.45, 2.75) is 47.0 Å². The molecule has 0 unspecified atom stereocenters. The van der Waals surface area contributed by atoms with Crippen LogP contribution in [0.25, 0.3) is 0 Å². The Morgan fingerprint density at radius 2 is 1.75 bits per heavy atom. The van der Waals surface area contributed by atoms with Gasteiger partial charge in [-0.2, -0.15) is 0 Å². The van der Waals surface area contributed by atoms with Gasteiger partial charge in [0.15, 0.2) is 0 Å². The summed E-state index contributed by atoms with van der Waals surface area (Å²) in [6.07, 6.45) is 12.6. The largest absolute Gasteiger partial charge is 0.0845 e. The third kappa shape index (κ3) is 9.48. The molecule has 0 aromatic heterocycles. The van der Waals surface area contributed by atoms with Crippen molar-refractivity contribution in [1.82, 2.24) is 0 Å². The van der Waals surface area contributed by atoms with E-state index in [0.29, 0.717) is 5.41 Å². The molecule has 0 saturated carbocycles. The van der Waals surface area contributed by atoms with Crippen LogP contribution in [0.5, 0.6) is 0 Å². The molecule has 0 bridgehead atoms. The highest BCUT2D eigenvalue weighted by Crippen LogP contribution is 2.14. The minimum atomic E-state index is 0.315. The number of rotatable bonds is 4. The van der Waals surface area contributed by atoms with Crippen LogP contribution in [0.1, 0.15) is 47.0 Å². The van der Waals surface area contributed by atoms with Gasteiger partial charge in [0.2, 0.25) is 0 Å². The third-order valence-electron chi connectivity index (χ3n) is 1.57. The van der Waals surface area contributed by atoms with Crippen molar-refractivity contribution >= 4 is 0 Å². The lowest BCUT2D eigenvalue weighted by Crippen LogP contribution is -1.97. The van der Waals surface area contributed by atoms with Gasteiger partial charge in [0.1, 0.15) is 0 Å². The maximum absolute atomic E-state index is 2.24. The molecule has 0 radical (unpaired) electrons. The number of allylic oxidation sites excluding steroid dienone is 4. The zero-order chi connectivity index (χ0) is 9.45. The Morgan fingerprint density at radius 1 is 1.08 bits per heavy atom. The van der Waals surface area contributed by atoms with Crippen LogP contribution in [0, 0.1) is 5.41 Å². The molecule has 12 heavy (non-hydrogen) atoms. The highest BCUT2D eigenvalue weighted by molar-refractivity contribution is 5.05. The summed E-state index contributed by atoms with van der Waals surface area (Å²) in [5, 5.41) is 0. The minimum absolute atomic E-state index is 0.315. The Bertz CT molecular complexity index is 144. The van der Waals surface area contributed by atoms with Crippen LogP contribution in [0.4, 0.5) is 0 Å². The number of hydrogen-bond acceptors (Lipinski definition) is 0. The van der Waals surface area contributed by atoms with E-state index < -0.39 is 0 Å². The van der Waals surface area contributed by atoms with E-state index in [9.17, 15) is 0 Å². The van der Waals surface area contributed by atoms with Crippen LogP contribution in [-0.2, 0) is 0 Å². The van der Waals surface area contributed by atoms with Crippen molar-refractivity contribution in [2.24, 2.45) is 5.41 Å². The highest BCUT2D eigenvalue weighted by atomic mass is 14.1. The first-order chi connectivity index (χ1) is 5.56. The summed E-state index contributed by atoms with van der Waals surface area (Å²) in [6.45, 7) is 8.86. The molecule has 0 spiro atoms. The predicted octanol–water partition coefficient (Wildman–Crippen LogP) is 4.34. The van der Waals surface area contributed by atoms with Crippen molar-refractivity contribution < 1.29 is 0 Å². The Morgan fingerprint density at radius 3 is 2.25 bits per heavy atom. The monoisotopic (exact) mass is 166 g/mol. The lowest BCUT2D eigenvalue weighted by Gasteiger charge is -2.09. The molecule has 0 aliphatic carbocycles. The second-order valence-electron chi connectivity index (χ2n) is 4.30. The van der Waals surface area contributed by atoms with Gasteiger partial charge < -0.3 is 0 Å². The van der Waals surface area contributed by atoms with E-state index in [4.69, 9.17) is 0 Å². The van der Waals surface area contributed by atoms with Gasteiger partial charge in [0.25, 0.3) is 0 Å². The lowest BCUT2D eigenvalue weighted by molar-refractivity contribution is 0.544. The summed E-state index contributed by atoms with van der Waals surface area (Å²) in [4.78, 5) is 0. The fraction of sp³-hybridized carbons (Fsp3) is 0.667. The highest BCUT2D eigenvalue weighted by Gasteiger charge is 2.01. The molecule has 0 amide bonds. The molecule has 0 atom stereocenters. The van der Waals surface area contributed by atoms with Gasteiger partial charge in [-0.05, 0) is 11.8 Å². The van der Waals surface area contributed by atoms with Crippen LogP contribution < -0.4 is 0 Å². The van der Waals surface area contributed by atoms with Crippen LogP contribution in [0.3, 0.4) is 0 Å². The average molecular weight is 166 g/mol. The van der Waals surface area contributed by atoms with E-state index in [1.807, 2.05) is 0 Å². The van der Waals surface area contributed by atoms with Crippen LogP contribution in [0.2, 0.25) is 0 Å². The van der Waals surface area contributed by atoms with Crippen molar-refractivity contribution in [2.75, 3.05) is 0 Å². The van der Waals surface area contributed by atoms with Gasteiger partial charge in [0, 0.05) is 0 Å². The first kappa shape index (κ1) is 11.5. The summed E-state index contributed by atoms with van der Waals surface area (Å²) < 4.78 is 0. The maximum atomic E-state index is 2.24. The van der Waals surface area contributed by atoms with Crippen molar-refractivity contribution in [1.29, 1.82) is 0 Å². The van der Waals surface area contributed by atoms with Crippen LogP contribution in [0.15, 0.2) is 24.3 Å². The topological polar surface area (TPSA) is 0 Å². The Labute approximate surface area is 77.4 Å². The average Bonchev–Trinajstić information content (AvgIpc) is 1.94. The molecule has 0 heterocycles. The van der Waals surface area contributed by atoms with Crippen molar-refractivity contribution in [3.8, 4) is 0 Å². The molecule has 0 N–H and O–H groups in total. The van der Waals surface area contributed by atoms with E-state index in [-0.39, 0.29) is 0 Å². The SMILES string of the molecule is CCCC/C=C/C=C/C(C)(C)C. The smallest absolute Gasteiger partial charge is 0.0200 e. The molecule has 0 rings (SSSR count). The molecular formula is C12H22. The van der Waals surface area contributed by atoms with Crippen molar-refractivity contribution in [3.63, 3.8) is 0 Å². The molecule has 0 heteroatoms. The molecule has 0 aromatic rings. The summed E-state index contributed by atoms with van der Waals surface area (Å²) in [7, 11) is 0. The molecule has 0 saturated heterocycles. The summed E-state index contributed by atoms with van der Waals surface area (Å²) >= 11 is 0. The van der Waals surface area contributed by atoms with E-state index in [1.165, 1.54) is 19.3 Å². The normalized spacial score (nSPS) is 13.3. The standard InChI is InChI=1S/C12H22/c1-5-6-7-8-9-10-11-12(2,3)4/h8-11H,5-7H2,1-4H3/b9-8+,11-10+. The Hall–Kier alpha value is -0.520.